The third kappa shape index (κ3) is 13.5. The normalized spacial score (nSPS) is 14.2. The molecule has 0 bridgehead atoms. The Morgan fingerprint density at radius 3 is 2.25 bits per heavy atom. The number of phenols is 2. The van der Waals surface area contributed by atoms with Crippen molar-refractivity contribution < 1.29 is 29.0 Å². The topological polar surface area (TPSA) is 153 Å². The number of nitrogens with one attached hydrogen (secondary N) is 1. The summed E-state index contributed by atoms with van der Waals surface area (Å²) < 4.78 is 6.38. The molecule has 55 heavy (non-hydrogen) atoms. The van der Waals surface area contributed by atoms with Gasteiger partial charge in [0.2, 0.25) is 5.91 Å². The molecule has 300 valence electrons. The number of carbonyl (C=O) groups is 3. The van der Waals surface area contributed by atoms with E-state index >= 15 is 0 Å². The number of nitrogens with zero attached hydrogens (tertiary/aromatic N) is 3. The summed E-state index contributed by atoms with van der Waals surface area (Å²) in [6.07, 6.45) is 20.5. The number of anilines is 2. The fourth-order valence-corrected chi connectivity index (χ4v) is 6.42. The van der Waals surface area contributed by atoms with Crippen LogP contribution in [0.25, 0.3) is 5.57 Å². The van der Waals surface area contributed by atoms with Crippen LogP contribution in [0.15, 0.2) is 61.8 Å². The predicted molar refractivity (Wildman–Crippen MR) is 225 cm³/mol. The van der Waals surface area contributed by atoms with Gasteiger partial charge in [0.05, 0.1) is 5.69 Å². The number of hydrogen-bond acceptors (Lipinski definition) is 10. The van der Waals surface area contributed by atoms with Crippen molar-refractivity contribution in [2.24, 2.45) is 16.8 Å². The van der Waals surface area contributed by atoms with Gasteiger partial charge in [-0.15, -0.1) is 12.8 Å². The van der Waals surface area contributed by atoms with E-state index in [1.165, 1.54) is 18.9 Å². The van der Waals surface area contributed by atoms with E-state index in [0.717, 1.165) is 37.0 Å². The third-order valence-corrected chi connectivity index (χ3v) is 9.73. The van der Waals surface area contributed by atoms with Crippen LogP contribution in [-0.2, 0) is 14.4 Å². The van der Waals surface area contributed by atoms with Crippen molar-refractivity contribution in [2.75, 3.05) is 44.1 Å². The van der Waals surface area contributed by atoms with Crippen molar-refractivity contribution in [1.29, 1.82) is 0 Å². The molecule has 1 aromatic carbocycles. The first-order valence-electron chi connectivity index (χ1n) is 18.8. The molecule has 1 unspecified atom stereocenters. The van der Waals surface area contributed by atoms with Gasteiger partial charge in [-0.3, -0.25) is 19.4 Å². The highest BCUT2D eigenvalue weighted by Gasteiger charge is 2.23. The van der Waals surface area contributed by atoms with Crippen molar-refractivity contribution in [3.05, 3.63) is 74.7 Å². The van der Waals surface area contributed by atoms with Crippen LogP contribution in [-0.4, -0.2) is 73.2 Å². The molecule has 11 heteroatoms. The van der Waals surface area contributed by atoms with Crippen LogP contribution in [0.1, 0.15) is 103 Å². The predicted octanol–water partition coefficient (Wildman–Crippen LogP) is 8.08. The van der Waals surface area contributed by atoms with Crippen LogP contribution < -0.4 is 15.6 Å². The summed E-state index contributed by atoms with van der Waals surface area (Å²) in [7, 11) is 3.46. The molecule has 1 saturated carbocycles. The van der Waals surface area contributed by atoms with Gasteiger partial charge >= 0.3 is 0 Å². The van der Waals surface area contributed by atoms with E-state index in [2.05, 4.69) is 18.2 Å². The van der Waals surface area contributed by atoms with Crippen molar-refractivity contribution >= 4 is 41.3 Å². The maximum absolute atomic E-state index is 13.2. The largest absolute Gasteiger partial charge is 0.504 e. The lowest BCUT2D eigenvalue weighted by Gasteiger charge is -2.25. The van der Waals surface area contributed by atoms with Gasteiger partial charge in [-0.2, -0.15) is 0 Å². The number of hydrogen-bond donors (Lipinski definition) is 3. The van der Waals surface area contributed by atoms with Gasteiger partial charge in [0, 0.05) is 67.2 Å². The number of benzene rings is 1. The molecule has 1 fully saturated rings. The van der Waals surface area contributed by atoms with E-state index in [9.17, 15) is 24.6 Å². The van der Waals surface area contributed by atoms with Gasteiger partial charge in [-0.1, -0.05) is 51.7 Å². The summed E-state index contributed by atoms with van der Waals surface area (Å²) in [6, 6.07) is 4.82. The van der Waals surface area contributed by atoms with E-state index in [0.29, 0.717) is 65.0 Å². The Morgan fingerprint density at radius 2 is 1.71 bits per heavy atom. The smallest absolute Gasteiger partial charge is 0.248 e. The van der Waals surface area contributed by atoms with Crippen molar-refractivity contribution in [2.45, 2.75) is 93.4 Å². The van der Waals surface area contributed by atoms with Gasteiger partial charge in [-0.05, 0) is 83.6 Å². The van der Waals surface area contributed by atoms with Crippen molar-refractivity contribution in [1.82, 2.24) is 4.90 Å². The summed E-state index contributed by atoms with van der Waals surface area (Å²) in [5.74, 6) is 0.441. The summed E-state index contributed by atoms with van der Waals surface area (Å²) in [4.78, 5) is 54.1. The highest BCUT2D eigenvalue weighted by Crippen LogP contribution is 2.42. The van der Waals surface area contributed by atoms with E-state index in [1.54, 1.807) is 64.9 Å². The second-order valence-corrected chi connectivity index (χ2v) is 13.8. The van der Waals surface area contributed by atoms with Gasteiger partial charge < -0.3 is 34.5 Å². The van der Waals surface area contributed by atoms with Gasteiger partial charge in [0.1, 0.15) is 25.0 Å². The molecule has 1 atom stereocenters. The Hall–Kier alpha value is -5.37. The number of phenolic OH excluding ortho intramolecular Hbond substituents is 2. The zero-order chi connectivity index (χ0) is 41.8. The highest BCUT2D eigenvalue weighted by atomic mass is 16.4. The zero-order valence-electron chi connectivity index (χ0n) is 34.3. The average Bonchev–Trinajstić information content (AvgIpc) is 3.70. The quantitative estimate of drug-likeness (QED) is 0.0478. The number of amides is 1. The van der Waals surface area contributed by atoms with Gasteiger partial charge in [0.25, 0.3) is 0 Å². The molecule has 2 aromatic rings. The van der Waals surface area contributed by atoms with Crippen LogP contribution in [0.4, 0.5) is 11.6 Å². The Kier molecular flexibility index (Phi) is 20.9. The number of aromatic hydroxyl groups is 2. The lowest BCUT2D eigenvalue weighted by atomic mass is 9.95. The lowest BCUT2D eigenvalue weighted by molar-refractivity contribution is -0.124. The Balaban J connectivity index is 0.00000365. The number of Topliss-reactive ketones (excluding diaryl/α,β-unsaturated/α-hetero) is 1. The van der Waals surface area contributed by atoms with E-state index in [4.69, 9.17) is 14.2 Å². The second-order valence-electron chi connectivity index (χ2n) is 13.8. The maximum Gasteiger partial charge on any atom is 0.248 e. The standard InChI is InChI=1S/C41H58N4O6.C2H2.CH2O/c1-10-20-45(21-19-26(4)29(7)46)37-24-36(47)28(6)40(51-37)32(12-3)33-17-18-34(39(49)38(33)48)42-25-43-35(23-30-15-13-14-16-30)31(11-2)22-27(5)41(50)44(8)9;2*1-2/h11-12,17-18,22,24,26,30,42,48-49H,10,13-16,19-21,23,25H2,1-9H3;1-2H;1H2/b27-22+,31-11-,32-12-,43-35-;;. The molecular formula is C44H62N4O7. The molecular weight excluding hydrogens is 697 g/mol. The number of likely N-dealkylation sites (N-methyl/N-ethyl adjacent to an activating group) is 1. The Bertz CT molecular complexity index is 1790. The van der Waals surface area contributed by atoms with Crippen LogP contribution in [0.5, 0.6) is 11.5 Å². The molecule has 1 heterocycles. The van der Waals surface area contributed by atoms with Crippen molar-refractivity contribution in [3.63, 3.8) is 0 Å². The number of allylic oxidation sites excluding steroid dienone is 4. The summed E-state index contributed by atoms with van der Waals surface area (Å²) >= 11 is 0. The Morgan fingerprint density at radius 1 is 1.07 bits per heavy atom. The number of ketones is 1. The van der Waals surface area contributed by atoms with E-state index in [-0.39, 0.29) is 41.2 Å². The molecule has 3 N–H and O–H groups in total. The minimum atomic E-state index is -0.355. The van der Waals surface area contributed by atoms with Gasteiger partial charge in [-0.25, -0.2) is 0 Å². The van der Waals surface area contributed by atoms with E-state index < -0.39 is 0 Å². The second kappa shape index (κ2) is 24.1. The molecule has 1 amide bonds. The molecule has 1 aliphatic carbocycles. The lowest BCUT2D eigenvalue weighted by Crippen LogP contribution is -2.29. The van der Waals surface area contributed by atoms with Crippen LogP contribution >= 0.6 is 0 Å². The van der Waals surface area contributed by atoms with Crippen LogP contribution in [0, 0.1) is 31.6 Å². The number of terminal acetylenes is 1. The average molecular weight is 759 g/mol. The first-order chi connectivity index (χ1) is 26.2. The molecule has 11 nitrogen and oxygen atoms in total. The monoisotopic (exact) mass is 758 g/mol. The van der Waals surface area contributed by atoms with Crippen LogP contribution in [0.2, 0.25) is 0 Å². The van der Waals surface area contributed by atoms with Gasteiger partial charge in [0.15, 0.2) is 22.8 Å². The fraction of sp³-hybridized carbons (Fsp3) is 0.477. The number of aliphatic imine (C=N–C) groups is 1. The molecule has 1 aromatic heterocycles. The minimum Gasteiger partial charge on any atom is -0.504 e. The maximum atomic E-state index is 13.2. The Labute approximate surface area is 327 Å². The van der Waals surface area contributed by atoms with E-state index in [1.807, 2.05) is 44.6 Å². The molecule has 0 radical (unpaired) electrons. The van der Waals surface area contributed by atoms with Crippen molar-refractivity contribution in [3.8, 4) is 24.3 Å². The molecule has 1 aliphatic rings. The zero-order valence-corrected chi connectivity index (χ0v) is 34.3. The SMILES string of the molecule is C#C.C/C=C(/C=C(\C)C(=O)N(C)C)C(\CC1CCCC1)=N/CNc1ccc(/C(=C/C)c2oc(N(CCC)CCC(C)C(C)=O)cc(=O)c2C)c(O)c1O.C=O. The first kappa shape index (κ1) is 47.7. The summed E-state index contributed by atoms with van der Waals surface area (Å²) in [5.41, 5.74) is 3.63. The third-order valence-electron chi connectivity index (χ3n) is 9.73. The van der Waals surface area contributed by atoms with Crippen LogP contribution in [0.3, 0.4) is 0 Å². The molecule has 0 aliphatic heterocycles. The highest BCUT2D eigenvalue weighted by molar-refractivity contribution is 6.05. The molecule has 3 rings (SSSR count). The number of carbonyl (C=O) groups excluding carboxylic acids is 3. The molecule has 0 saturated heterocycles. The number of rotatable bonds is 17. The summed E-state index contributed by atoms with van der Waals surface area (Å²) in [6.45, 7) is 16.0. The summed E-state index contributed by atoms with van der Waals surface area (Å²) in [5, 5.41) is 25.6. The minimum absolute atomic E-state index is 0.0625. The first-order valence-corrected chi connectivity index (χ1v) is 18.8. The fourth-order valence-electron chi connectivity index (χ4n) is 6.42. The molecule has 0 spiro atoms.